The second-order valence-electron chi connectivity index (χ2n) is 6.22. The molecular weight excluding hydrogens is 258 g/mol. The molecule has 4 heteroatoms. The first-order chi connectivity index (χ1) is 9.14. The van der Waals surface area contributed by atoms with E-state index in [4.69, 9.17) is 4.74 Å². The number of thioether (sulfide) groups is 1. The standard InChI is InChI=1S/C15H27NO2S/c1-15(14(17)18-2,16-13-7-8-13)9-10-19-11-12-5-3-4-6-12/h12-13,16H,3-11H2,1-2H3. The average molecular weight is 285 g/mol. The molecule has 2 fully saturated rings. The summed E-state index contributed by atoms with van der Waals surface area (Å²) in [4.78, 5) is 12.0. The first kappa shape index (κ1) is 15.2. The number of carbonyl (C=O) groups is 1. The summed E-state index contributed by atoms with van der Waals surface area (Å²) in [6.45, 7) is 1.99. The predicted octanol–water partition coefficient (Wildman–Crippen LogP) is 2.98. The number of hydrogen-bond acceptors (Lipinski definition) is 4. The van der Waals surface area contributed by atoms with E-state index in [1.807, 2.05) is 18.7 Å². The number of esters is 1. The zero-order valence-corrected chi connectivity index (χ0v) is 13.1. The van der Waals surface area contributed by atoms with Gasteiger partial charge in [0.2, 0.25) is 0 Å². The molecule has 0 saturated heterocycles. The van der Waals surface area contributed by atoms with E-state index in [0.717, 1.165) is 18.1 Å². The number of nitrogens with one attached hydrogen (secondary N) is 1. The van der Waals surface area contributed by atoms with Crippen LogP contribution in [0.4, 0.5) is 0 Å². The number of hydrogen-bond donors (Lipinski definition) is 1. The smallest absolute Gasteiger partial charge is 0.325 e. The van der Waals surface area contributed by atoms with Gasteiger partial charge in [0.25, 0.3) is 0 Å². The molecular formula is C15H27NO2S. The summed E-state index contributed by atoms with van der Waals surface area (Å²) >= 11 is 2.00. The van der Waals surface area contributed by atoms with Crippen LogP contribution in [0.25, 0.3) is 0 Å². The molecule has 19 heavy (non-hydrogen) atoms. The van der Waals surface area contributed by atoms with Crippen molar-refractivity contribution in [2.24, 2.45) is 5.92 Å². The number of ether oxygens (including phenoxy) is 1. The van der Waals surface area contributed by atoms with Gasteiger partial charge in [-0.1, -0.05) is 12.8 Å². The SMILES string of the molecule is COC(=O)C(C)(CCSCC1CCCC1)NC1CC1. The zero-order chi connectivity index (χ0) is 13.7. The third-order valence-electron chi connectivity index (χ3n) is 4.31. The van der Waals surface area contributed by atoms with Gasteiger partial charge in [0, 0.05) is 6.04 Å². The molecule has 2 aliphatic rings. The van der Waals surface area contributed by atoms with Crippen LogP contribution in [0.5, 0.6) is 0 Å². The Hall–Kier alpha value is -0.220. The Morgan fingerprint density at radius 3 is 2.58 bits per heavy atom. The minimum Gasteiger partial charge on any atom is -0.468 e. The van der Waals surface area contributed by atoms with Crippen molar-refractivity contribution in [3.63, 3.8) is 0 Å². The van der Waals surface area contributed by atoms with Gasteiger partial charge in [-0.05, 0) is 56.5 Å². The van der Waals surface area contributed by atoms with E-state index in [1.54, 1.807) is 0 Å². The number of rotatable bonds is 8. The molecule has 0 heterocycles. The Kier molecular flexibility index (Phi) is 5.58. The van der Waals surface area contributed by atoms with Crippen LogP contribution in [0.3, 0.4) is 0 Å². The molecule has 0 aliphatic heterocycles. The maximum Gasteiger partial charge on any atom is 0.325 e. The van der Waals surface area contributed by atoms with Crippen molar-refractivity contribution in [1.82, 2.24) is 5.32 Å². The second kappa shape index (κ2) is 6.98. The molecule has 0 aromatic carbocycles. The highest BCUT2D eigenvalue weighted by Gasteiger charge is 2.38. The highest BCUT2D eigenvalue weighted by Crippen LogP contribution is 2.30. The largest absolute Gasteiger partial charge is 0.468 e. The van der Waals surface area contributed by atoms with E-state index in [1.165, 1.54) is 51.4 Å². The molecule has 1 unspecified atom stereocenters. The maximum atomic E-state index is 12.0. The quantitative estimate of drug-likeness (QED) is 0.549. The molecule has 2 saturated carbocycles. The molecule has 3 nitrogen and oxygen atoms in total. The highest BCUT2D eigenvalue weighted by molar-refractivity contribution is 7.99. The molecule has 0 spiro atoms. The van der Waals surface area contributed by atoms with Gasteiger partial charge in [-0.3, -0.25) is 10.1 Å². The van der Waals surface area contributed by atoms with E-state index in [0.29, 0.717) is 6.04 Å². The highest BCUT2D eigenvalue weighted by atomic mass is 32.2. The first-order valence-electron chi connectivity index (χ1n) is 7.58. The lowest BCUT2D eigenvalue weighted by Crippen LogP contribution is -2.51. The van der Waals surface area contributed by atoms with E-state index in [2.05, 4.69) is 5.32 Å². The zero-order valence-electron chi connectivity index (χ0n) is 12.2. The van der Waals surface area contributed by atoms with Crippen molar-refractivity contribution in [1.29, 1.82) is 0 Å². The van der Waals surface area contributed by atoms with Gasteiger partial charge >= 0.3 is 5.97 Å². The van der Waals surface area contributed by atoms with Crippen LogP contribution in [-0.4, -0.2) is 36.2 Å². The lowest BCUT2D eigenvalue weighted by molar-refractivity contribution is -0.148. The third kappa shape index (κ3) is 4.67. The van der Waals surface area contributed by atoms with Gasteiger partial charge in [-0.2, -0.15) is 11.8 Å². The van der Waals surface area contributed by atoms with E-state index in [9.17, 15) is 4.79 Å². The molecule has 0 radical (unpaired) electrons. The van der Waals surface area contributed by atoms with Crippen LogP contribution in [0, 0.1) is 5.92 Å². The molecule has 2 rings (SSSR count). The van der Waals surface area contributed by atoms with Crippen LogP contribution in [-0.2, 0) is 9.53 Å². The maximum absolute atomic E-state index is 12.0. The monoisotopic (exact) mass is 285 g/mol. The molecule has 1 N–H and O–H groups in total. The van der Waals surface area contributed by atoms with Crippen LogP contribution >= 0.6 is 11.8 Å². The number of methoxy groups -OCH3 is 1. The van der Waals surface area contributed by atoms with Crippen molar-refractivity contribution in [2.75, 3.05) is 18.6 Å². The predicted molar refractivity (Wildman–Crippen MR) is 80.5 cm³/mol. The summed E-state index contributed by atoms with van der Waals surface area (Å²) < 4.78 is 4.96. The summed E-state index contributed by atoms with van der Waals surface area (Å²) in [5, 5.41) is 3.46. The van der Waals surface area contributed by atoms with Gasteiger partial charge in [0.05, 0.1) is 7.11 Å². The van der Waals surface area contributed by atoms with Crippen LogP contribution in [0.2, 0.25) is 0 Å². The lowest BCUT2D eigenvalue weighted by Gasteiger charge is -2.28. The van der Waals surface area contributed by atoms with Gasteiger partial charge in [-0.15, -0.1) is 0 Å². The van der Waals surface area contributed by atoms with E-state index < -0.39 is 5.54 Å². The van der Waals surface area contributed by atoms with E-state index >= 15 is 0 Å². The fourth-order valence-corrected chi connectivity index (χ4v) is 4.23. The van der Waals surface area contributed by atoms with Crippen molar-refractivity contribution >= 4 is 17.7 Å². The molecule has 0 aromatic rings. The topological polar surface area (TPSA) is 38.3 Å². The number of carbonyl (C=O) groups excluding carboxylic acids is 1. The van der Waals surface area contributed by atoms with Crippen molar-refractivity contribution in [3.05, 3.63) is 0 Å². The normalized spacial score (nSPS) is 23.3. The Morgan fingerprint density at radius 2 is 2.00 bits per heavy atom. The summed E-state index contributed by atoms with van der Waals surface area (Å²) in [5.74, 6) is 3.12. The fraction of sp³-hybridized carbons (Fsp3) is 0.933. The van der Waals surface area contributed by atoms with Gasteiger partial charge in [0.1, 0.15) is 5.54 Å². The second-order valence-corrected chi connectivity index (χ2v) is 7.37. The summed E-state index contributed by atoms with van der Waals surface area (Å²) in [6, 6.07) is 0.531. The Balaban J connectivity index is 1.70. The molecule has 2 aliphatic carbocycles. The van der Waals surface area contributed by atoms with Gasteiger partial charge in [0.15, 0.2) is 0 Å². The summed E-state index contributed by atoms with van der Waals surface area (Å²) in [5.41, 5.74) is -0.488. The Bertz CT molecular complexity index is 301. The summed E-state index contributed by atoms with van der Waals surface area (Å²) in [7, 11) is 1.49. The molecule has 0 amide bonds. The fourth-order valence-electron chi connectivity index (χ4n) is 2.84. The molecule has 110 valence electrons. The van der Waals surface area contributed by atoms with Crippen LogP contribution in [0.15, 0.2) is 0 Å². The molecule has 0 aromatic heterocycles. The van der Waals surface area contributed by atoms with Crippen molar-refractivity contribution in [2.45, 2.75) is 63.5 Å². The Morgan fingerprint density at radius 1 is 1.32 bits per heavy atom. The van der Waals surface area contributed by atoms with Crippen LogP contribution in [0.1, 0.15) is 51.9 Å². The minimum absolute atomic E-state index is 0.110. The first-order valence-corrected chi connectivity index (χ1v) is 8.73. The van der Waals surface area contributed by atoms with E-state index in [-0.39, 0.29) is 5.97 Å². The summed E-state index contributed by atoms with van der Waals surface area (Å²) in [6.07, 6.45) is 8.89. The lowest BCUT2D eigenvalue weighted by atomic mass is 9.99. The molecule has 0 bridgehead atoms. The van der Waals surface area contributed by atoms with Gasteiger partial charge < -0.3 is 4.74 Å². The van der Waals surface area contributed by atoms with Crippen molar-refractivity contribution < 1.29 is 9.53 Å². The average Bonchev–Trinajstić information content (AvgIpc) is 3.06. The molecule has 1 atom stereocenters. The Labute approximate surface area is 121 Å². The third-order valence-corrected chi connectivity index (χ3v) is 5.51. The van der Waals surface area contributed by atoms with Crippen LogP contribution < -0.4 is 5.32 Å². The van der Waals surface area contributed by atoms with Gasteiger partial charge in [-0.25, -0.2) is 0 Å². The van der Waals surface area contributed by atoms with Crippen molar-refractivity contribution in [3.8, 4) is 0 Å². The minimum atomic E-state index is -0.488.